The first-order chi connectivity index (χ1) is 8.39. The van der Waals surface area contributed by atoms with Crippen LogP contribution >= 0.6 is 0 Å². The summed E-state index contributed by atoms with van der Waals surface area (Å²) in [4.78, 5) is 4.02. The Balaban J connectivity index is 3.08. The number of benzene rings is 1. The third-order valence-electron chi connectivity index (χ3n) is 2.43. The Hall–Kier alpha value is -1.60. The zero-order valence-corrected chi connectivity index (χ0v) is 11.5. The quantitative estimate of drug-likeness (QED) is 0.594. The summed E-state index contributed by atoms with van der Waals surface area (Å²) in [6, 6.07) is 6.79. The van der Waals surface area contributed by atoms with Crippen molar-refractivity contribution in [3.05, 3.63) is 29.8 Å². The molecule has 0 saturated heterocycles. The van der Waals surface area contributed by atoms with Gasteiger partial charge in [-0.3, -0.25) is 4.99 Å². The molecule has 0 unspecified atom stereocenters. The predicted octanol–water partition coefficient (Wildman–Crippen LogP) is -0.0290. The van der Waals surface area contributed by atoms with E-state index in [1.807, 2.05) is 0 Å². The highest BCUT2D eigenvalue weighted by molar-refractivity contribution is 7.89. The summed E-state index contributed by atoms with van der Waals surface area (Å²) >= 11 is 0. The first-order valence-electron chi connectivity index (χ1n) is 5.36. The Bertz CT molecular complexity index is 538. The summed E-state index contributed by atoms with van der Waals surface area (Å²) < 4.78 is 25.4. The molecule has 0 aliphatic carbocycles. The molecule has 0 fully saturated rings. The fourth-order valence-corrected chi connectivity index (χ4v) is 2.48. The SMILES string of the molecule is CN=C(N)NCc1ccccc1S(=O)(=O)N(C)C. The van der Waals surface area contributed by atoms with Crippen molar-refractivity contribution in [3.8, 4) is 0 Å². The molecule has 0 radical (unpaired) electrons. The zero-order valence-electron chi connectivity index (χ0n) is 10.7. The number of hydrogen-bond acceptors (Lipinski definition) is 3. The molecule has 0 bridgehead atoms. The first-order valence-corrected chi connectivity index (χ1v) is 6.80. The van der Waals surface area contributed by atoms with Crippen LogP contribution in [0.15, 0.2) is 34.2 Å². The summed E-state index contributed by atoms with van der Waals surface area (Å²) in [7, 11) is 1.11. The van der Waals surface area contributed by atoms with Crippen molar-refractivity contribution in [1.82, 2.24) is 9.62 Å². The van der Waals surface area contributed by atoms with Crippen molar-refractivity contribution in [2.24, 2.45) is 10.7 Å². The largest absolute Gasteiger partial charge is 0.370 e. The van der Waals surface area contributed by atoms with Crippen LogP contribution in [-0.4, -0.2) is 39.8 Å². The van der Waals surface area contributed by atoms with Gasteiger partial charge >= 0.3 is 0 Å². The lowest BCUT2D eigenvalue weighted by Crippen LogP contribution is -2.32. The molecule has 0 heterocycles. The lowest BCUT2D eigenvalue weighted by Gasteiger charge is -2.15. The van der Waals surface area contributed by atoms with Gasteiger partial charge in [0.2, 0.25) is 10.0 Å². The maximum absolute atomic E-state index is 12.1. The molecular formula is C11H18N4O2S. The summed E-state index contributed by atoms with van der Waals surface area (Å²) in [6.07, 6.45) is 0. The van der Waals surface area contributed by atoms with Crippen molar-refractivity contribution >= 4 is 16.0 Å². The lowest BCUT2D eigenvalue weighted by atomic mass is 10.2. The fraction of sp³-hybridized carbons (Fsp3) is 0.364. The van der Waals surface area contributed by atoms with E-state index >= 15 is 0 Å². The predicted molar refractivity (Wildman–Crippen MR) is 71.7 cm³/mol. The van der Waals surface area contributed by atoms with E-state index in [9.17, 15) is 8.42 Å². The molecule has 1 aromatic carbocycles. The van der Waals surface area contributed by atoms with E-state index in [0.29, 0.717) is 12.1 Å². The highest BCUT2D eigenvalue weighted by atomic mass is 32.2. The average molecular weight is 270 g/mol. The van der Waals surface area contributed by atoms with Crippen LogP contribution in [0.25, 0.3) is 0 Å². The van der Waals surface area contributed by atoms with Gasteiger partial charge in [-0.15, -0.1) is 0 Å². The molecule has 7 heteroatoms. The van der Waals surface area contributed by atoms with Crippen LogP contribution in [0.4, 0.5) is 0 Å². The van der Waals surface area contributed by atoms with Crippen molar-refractivity contribution in [2.45, 2.75) is 11.4 Å². The number of sulfonamides is 1. The Kier molecular flexibility index (Phi) is 4.69. The standard InChI is InChI=1S/C11H18N4O2S/c1-13-11(12)14-8-9-6-4-5-7-10(9)18(16,17)15(2)3/h4-7H,8H2,1-3H3,(H3,12,13,14). The Morgan fingerprint density at radius 1 is 1.39 bits per heavy atom. The van der Waals surface area contributed by atoms with Gasteiger partial charge in [-0.2, -0.15) is 0 Å². The second kappa shape index (κ2) is 5.83. The summed E-state index contributed by atoms with van der Waals surface area (Å²) in [5.41, 5.74) is 6.17. The second-order valence-electron chi connectivity index (χ2n) is 3.86. The number of guanidine groups is 1. The van der Waals surface area contributed by atoms with E-state index in [4.69, 9.17) is 5.73 Å². The third kappa shape index (κ3) is 3.21. The van der Waals surface area contributed by atoms with Crippen LogP contribution in [0.2, 0.25) is 0 Å². The summed E-state index contributed by atoms with van der Waals surface area (Å²) in [5, 5.41) is 2.84. The van der Waals surface area contributed by atoms with Crippen molar-refractivity contribution in [2.75, 3.05) is 21.1 Å². The number of nitrogens with zero attached hydrogens (tertiary/aromatic N) is 2. The zero-order chi connectivity index (χ0) is 13.8. The monoisotopic (exact) mass is 270 g/mol. The molecule has 0 amide bonds. The van der Waals surface area contributed by atoms with Gasteiger partial charge in [0.05, 0.1) is 4.90 Å². The smallest absolute Gasteiger partial charge is 0.242 e. The van der Waals surface area contributed by atoms with Crippen molar-refractivity contribution in [3.63, 3.8) is 0 Å². The minimum absolute atomic E-state index is 0.270. The van der Waals surface area contributed by atoms with Crippen molar-refractivity contribution in [1.29, 1.82) is 0 Å². The number of nitrogens with two attached hydrogens (primary N) is 1. The average Bonchev–Trinajstić information content (AvgIpc) is 2.35. The minimum Gasteiger partial charge on any atom is -0.370 e. The maximum atomic E-state index is 12.1. The molecule has 1 aromatic rings. The van der Waals surface area contributed by atoms with Gasteiger partial charge in [0.1, 0.15) is 0 Å². The molecule has 18 heavy (non-hydrogen) atoms. The molecule has 6 nitrogen and oxygen atoms in total. The van der Waals surface area contributed by atoms with E-state index in [1.165, 1.54) is 18.4 Å². The molecule has 0 aliphatic heterocycles. The maximum Gasteiger partial charge on any atom is 0.242 e. The Morgan fingerprint density at radius 3 is 2.56 bits per heavy atom. The van der Waals surface area contributed by atoms with Crippen LogP contribution in [0, 0.1) is 0 Å². The molecule has 0 atom stereocenters. The number of rotatable bonds is 4. The molecule has 0 spiro atoms. The van der Waals surface area contributed by atoms with Crippen LogP contribution < -0.4 is 11.1 Å². The van der Waals surface area contributed by atoms with Crippen LogP contribution in [0.3, 0.4) is 0 Å². The molecule has 0 aliphatic rings. The highest BCUT2D eigenvalue weighted by Crippen LogP contribution is 2.18. The fourth-order valence-electron chi connectivity index (χ4n) is 1.36. The van der Waals surface area contributed by atoms with Gasteiger partial charge in [-0.05, 0) is 11.6 Å². The normalized spacial score (nSPS) is 12.8. The van der Waals surface area contributed by atoms with Gasteiger partial charge in [0.15, 0.2) is 5.96 Å². The summed E-state index contributed by atoms with van der Waals surface area (Å²) in [6.45, 7) is 0.312. The molecule has 100 valence electrons. The van der Waals surface area contributed by atoms with Crippen LogP contribution in [-0.2, 0) is 16.6 Å². The van der Waals surface area contributed by atoms with E-state index in [-0.39, 0.29) is 10.9 Å². The van der Waals surface area contributed by atoms with Gasteiger partial charge < -0.3 is 11.1 Å². The Morgan fingerprint density at radius 2 is 2.00 bits per heavy atom. The molecule has 3 N–H and O–H groups in total. The molecule has 0 aromatic heterocycles. The number of aliphatic imine (C=N–C) groups is 1. The van der Waals surface area contributed by atoms with E-state index in [1.54, 1.807) is 31.3 Å². The molecule has 1 rings (SSSR count). The van der Waals surface area contributed by atoms with Crippen molar-refractivity contribution < 1.29 is 8.42 Å². The topological polar surface area (TPSA) is 87.8 Å². The number of nitrogens with one attached hydrogen (secondary N) is 1. The number of hydrogen-bond donors (Lipinski definition) is 2. The van der Waals surface area contributed by atoms with Crippen LogP contribution in [0.5, 0.6) is 0 Å². The van der Waals surface area contributed by atoms with Gasteiger partial charge in [0.25, 0.3) is 0 Å². The second-order valence-corrected chi connectivity index (χ2v) is 5.98. The highest BCUT2D eigenvalue weighted by Gasteiger charge is 2.20. The van der Waals surface area contributed by atoms with Crippen LogP contribution in [0.1, 0.15) is 5.56 Å². The van der Waals surface area contributed by atoms with E-state index < -0.39 is 10.0 Å². The third-order valence-corrected chi connectivity index (χ3v) is 4.35. The first kappa shape index (κ1) is 14.5. The van der Waals surface area contributed by atoms with Gasteiger partial charge in [0, 0.05) is 27.7 Å². The van der Waals surface area contributed by atoms with E-state index in [2.05, 4.69) is 10.3 Å². The lowest BCUT2D eigenvalue weighted by molar-refractivity contribution is 0.519. The molecular weight excluding hydrogens is 252 g/mol. The summed E-state index contributed by atoms with van der Waals surface area (Å²) in [5.74, 6) is 0.270. The minimum atomic E-state index is -3.45. The van der Waals surface area contributed by atoms with Gasteiger partial charge in [-0.25, -0.2) is 12.7 Å². The Labute approximate surface area is 108 Å². The van der Waals surface area contributed by atoms with E-state index in [0.717, 1.165) is 0 Å². The van der Waals surface area contributed by atoms with Gasteiger partial charge in [-0.1, -0.05) is 18.2 Å². The molecule has 0 saturated carbocycles.